The van der Waals surface area contributed by atoms with Crippen molar-refractivity contribution in [2.45, 2.75) is 20.4 Å². The molecule has 0 N–H and O–H groups in total. The van der Waals surface area contributed by atoms with Gasteiger partial charge in [0.1, 0.15) is 0 Å². The van der Waals surface area contributed by atoms with Crippen molar-refractivity contribution in [2.75, 3.05) is 0 Å². The molecule has 1 heterocycles. The Balaban J connectivity index is 2.00. The Morgan fingerprint density at radius 2 is 1.79 bits per heavy atom. The summed E-state index contributed by atoms with van der Waals surface area (Å²) in [6.45, 7) is 5.18. The minimum absolute atomic E-state index is 0.785. The first-order valence-electron chi connectivity index (χ1n) is 6.44. The highest BCUT2D eigenvalue weighted by Gasteiger charge is 2.03. The van der Waals surface area contributed by atoms with Crippen LogP contribution >= 0.6 is 11.6 Å². The number of aromatic nitrogens is 1. The van der Waals surface area contributed by atoms with Crippen molar-refractivity contribution in [3.63, 3.8) is 0 Å². The molecule has 2 heteroatoms. The summed E-state index contributed by atoms with van der Waals surface area (Å²) in [5.74, 6) is 0. The lowest BCUT2D eigenvalue weighted by Crippen LogP contribution is -1.98. The van der Waals surface area contributed by atoms with E-state index in [-0.39, 0.29) is 0 Å². The third kappa shape index (κ3) is 2.39. The summed E-state index contributed by atoms with van der Waals surface area (Å²) < 4.78 is 2.24. The zero-order valence-corrected chi connectivity index (χ0v) is 11.9. The van der Waals surface area contributed by atoms with E-state index in [1.54, 1.807) is 0 Å². The van der Waals surface area contributed by atoms with E-state index in [4.69, 9.17) is 11.6 Å². The molecule has 0 aliphatic rings. The maximum Gasteiger partial charge on any atom is 0.0498 e. The van der Waals surface area contributed by atoms with Crippen molar-refractivity contribution in [1.82, 2.24) is 4.57 Å². The molecule has 3 rings (SSSR count). The summed E-state index contributed by atoms with van der Waals surface area (Å²) in [6, 6.07) is 14.8. The van der Waals surface area contributed by atoms with Crippen molar-refractivity contribution >= 4 is 22.5 Å². The number of hydrogen-bond donors (Lipinski definition) is 0. The van der Waals surface area contributed by atoms with Crippen LogP contribution in [0.15, 0.2) is 48.7 Å². The molecule has 1 aromatic heterocycles. The first kappa shape index (κ1) is 12.3. The van der Waals surface area contributed by atoms with Crippen LogP contribution in [0, 0.1) is 13.8 Å². The maximum absolute atomic E-state index is 6.08. The highest BCUT2D eigenvalue weighted by atomic mass is 35.5. The van der Waals surface area contributed by atoms with Crippen LogP contribution in [0.25, 0.3) is 10.9 Å². The minimum Gasteiger partial charge on any atom is -0.343 e. The van der Waals surface area contributed by atoms with E-state index in [1.807, 2.05) is 12.1 Å². The van der Waals surface area contributed by atoms with Gasteiger partial charge >= 0.3 is 0 Å². The Labute approximate surface area is 118 Å². The fourth-order valence-corrected chi connectivity index (χ4v) is 2.56. The molecule has 0 saturated carbocycles. The number of rotatable bonds is 2. The van der Waals surface area contributed by atoms with Crippen LogP contribution in [0.1, 0.15) is 16.7 Å². The third-order valence-electron chi connectivity index (χ3n) is 3.66. The fraction of sp³-hybridized carbons (Fsp3) is 0.176. The van der Waals surface area contributed by atoms with Crippen LogP contribution in [0.2, 0.25) is 5.02 Å². The quantitative estimate of drug-likeness (QED) is 0.620. The molecule has 0 aliphatic carbocycles. The monoisotopic (exact) mass is 269 g/mol. The minimum atomic E-state index is 0.785. The molecule has 0 spiro atoms. The predicted octanol–water partition coefficient (Wildman–Crippen LogP) is 4.96. The lowest BCUT2D eigenvalue weighted by atomic mass is 10.1. The largest absolute Gasteiger partial charge is 0.343 e. The summed E-state index contributed by atoms with van der Waals surface area (Å²) in [5, 5.41) is 2.01. The number of halogens is 1. The van der Waals surface area contributed by atoms with E-state index >= 15 is 0 Å². The summed E-state index contributed by atoms with van der Waals surface area (Å²) in [6.07, 6.45) is 2.12. The predicted molar refractivity (Wildman–Crippen MR) is 82.0 cm³/mol. The Morgan fingerprint density at radius 1 is 0.947 bits per heavy atom. The van der Waals surface area contributed by atoms with E-state index in [2.05, 4.69) is 54.9 Å². The van der Waals surface area contributed by atoms with Gasteiger partial charge in [-0.1, -0.05) is 35.9 Å². The third-order valence-corrected chi connectivity index (χ3v) is 3.90. The van der Waals surface area contributed by atoms with Crippen molar-refractivity contribution in [3.8, 4) is 0 Å². The Bertz CT molecular complexity index is 740. The van der Waals surface area contributed by atoms with Gasteiger partial charge in [-0.25, -0.2) is 0 Å². The Kier molecular flexibility index (Phi) is 3.08. The maximum atomic E-state index is 6.08. The molecule has 0 bridgehead atoms. The zero-order chi connectivity index (χ0) is 13.4. The SMILES string of the molecule is Cc1ccc(Cn2ccc3ccc(Cl)cc32)cc1C. The van der Waals surface area contributed by atoms with Crippen molar-refractivity contribution in [3.05, 3.63) is 70.4 Å². The number of fused-ring (bicyclic) bond motifs is 1. The normalized spacial score (nSPS) is 11.1. The van der Waals surface area contributed by atoms with Gasteiger partial charge in [-0.2, -0.15) is 0 Å². The van der Waals surface area contributed by atoms with Crippen LogP contribution in [0.5, 0.6) is 0 Å². The van der Waals surface area contributed by atoms with Gasteiger partial charge in [-0.15, -0.1) is 0 Å². The fourth-order valence-electron chi connectivity index (χ4n) is 2.39. The Hall–Kier alpha value is -1.73. The Morgan fingerprint density at radius 3 is 2.58 bits per heavy atom. The molecule has 1 nitrogen and oxygen atoms in total. The van der Waals surface area contributed by atoms with Gasteiger partial charge in [0.15, 0.2) is 0 Å². The smallest absolute Gasteiger partial charge is 0.0498 e. The van der Waals surface area contributed by atoms with Gasteiger partial charge < -0.3 is 4.57 Å². The summed E-state index contributed by atoms with van der Waals surface area (Å²) >= 11 is 6.08. The van der Waals surface area contributed by atoms with Gasteiger partial charge in [-0.3, -0.25) is 0 Å². The highest BCUT2D eigenvalue weighted by Crippen LogP contribution is 2.22. The summed E-state index contributed by atoms with van der Waals surface area (Å²) in [5.41, 5.74) is 5.18. The summed E-state index contributed by atoms with van der Waals surface area (Å²) in [7, 11) is 0. The molecular weight excluding hydrogens is 254 g/mol. The van der Waals surface area contributed by atoms with Crippen molar-refractivity contribution < 1.29 is 0 Å². The lowest BCUT2D eigenvalue weighted by molar-refractivity contribution is 0.835. The number of benzene rings is 2. The molecule has 0 amide bonds. The van der Waals surface area contributed by atoms with Crippen LogP contribution in [-0.2, 0) is 6.54 Å². The molecule has 0 fully saturated rings. The average Bonchev–Trinajstić information content (AvgIpc) is 2.77. The number of hydrogen-bond acceptors (Lipinski definition) is 0. The van der Waals surface area contributed by atoms with Gasteiger partial charge in [0.2, 0.25) is 0 Å². The van der Waals surface area contributed by atoms with E-state index in [0.29, 0.717) is 0 Å². The molecule has 96 valence electrons. The van der Waals surface area contributed by atoms with Gasteiger partial charge in [-0.05, 0) is 54.1 Å². The molecule has 0 saturated heterocycles. The molecule has 2 aromatic carbocycles. The highest BCUT2D eigenvalue weighted by molar-refractivity contribution is 6.31. The lowest BCUT2D eigenvalue weighted by Gasteiger charge is -2.08. The molecule has 3 aromatic rings. The zero-order valence-electron chi connectivity index (χ0n) is 11.2. The molecule has 0 aliphatic heterocycles. The second-order valence-corrected chi connectivity index (χ2v) is 5.50. The van der Waals surface area contributed by atoms with Crippen molar-refractivity contribution in [1.29, 1.82) is 0 Å². The van der Waals surface area contributed by atoms with E-state index in [0.717, 1.165) is 11.6 Å². The second kappa shape index (κ2) is 4.75. The van der Waals surface area contributed by atoms with Crippen molar-refractivity contribution in [2.24, 2.45) is 0 Å². The van der Waals surface area contributed by atoms with Crippen LogP contribution in [0.3, 0.4) is 0 Å². The number of nitrogens with zero attached hydrogens (tertiary/aromatic N) is 1. The first-order chi connectivity index (χ1) is 9.13. The van der Waals surface area contributed by atoms with Gasteiger partial charge in [0.25, 0.3) is 0 Å². The van der Waals surface area contributed by atoms with E-state index < -0.39 is 0 Å². The van der Waals surface area contributed by atoms with Gasteiger partial charge in [0, 0.05) is 23.3 Å². The average molecular weight is 270 g/mol. The topological polar surface area (TPSA) is 4.93 Å². The molecular formula is C17H16ClN. The molecule has 19 heavy (non-hydrogen) atoms. The first-order valence-corrected chi connectivity index (χ1v) is 6.82. The van der Waals surface area contributed by atoms with Crippen LogP contribution < -0.4 is 0 Å². The second-order valence-electron chi connectivity index (χ2n) is 5.07. The summed E-state index contributed by atoms with van der Waals surface area (Å²) in [4.78, 5) is 0. The molecule has 0 atom stereocenters. The molecule has 0 unspecified atom stereocenters. The van der Waals surface area contributed by atoms with Crippen LogP contribution in [0.4, 0.5) is 0 Å². The van der Waals surface area contributed by atoms with Crippen LogP contribution in [-0.4, -0.2) is 4.57 Å². The van der Waals surface area contributed by atoms with E-state index in [9.17, 15) is 0 Å². The number of aryl methyl sites for hydroxylation is 2. The standard InChI is InChI=1S/C17H16ClN/c1-12-3-4-14(9-13(12)2)11-19-8-7-15-5-6-16(18)10-17(15)19/h3-10H,11H2,1-2H3. The van der Waals surface area contributed by atoms with Gasteiger partial charge in [0.05, 0.1) is 0 Å². The molecule has 0 radical (unpaired) electrons. The van der Waals surface area contributed by atoms with E-state index in [1.165, 1.54) is 27.6 Å².